The monoisotopic (exact) mass is 804 g/mol. The van der Waals surface area contributed by atoms with Crippen molar-refractivity contribution < 1.29 is 46.5 Å². The van der Waals surface area contributed by atoms with Crippen LogP contribution < -0.4 is 24.8 Å². The second-order valence-corrected chi connectivity index (χ2v) is 18.3. The molecule has 0 bridgehead atoms. The second kappa shape index (κ2) is 17.2. The Morgan fingerprint density at radius 2 is 0.830 bits per heavy atom. The minimum absolute atomic E-state index is 0. The number of hydrogen-bond acceptors (Lipinski definition) is 2. The van der Waals surface area contributed by atoms with Crippen molar-refractivity contribution in [1.29, 1.82) is 0 Å². The number of fused-ring (bicyclic) bond motifs is 2. The Hall–Kier alpha value is -2.95. The van der Waals surface area contributed by atoms with Gasteiger partial charge in [-0.15, -0.1) is 33.8 Å². The van der Waals surface area contributed by atoms with Gasteiger partial charge >= 0.3 is 21.7 Å². The molecule has 0 saturated heterocycles. The van der Waals surface area contributed by atoms with Crippen molar-refractivity contribution in [2.75, 3.05) is 0 Å². The summed E-state index contributed by atoms with van der Waals surface area (Å²) < 4.78 is 0. The van der Waals surface area contributed by atoms with Crippen molar-refractivity contribution in [3.05, 3.63) is 174 Å². The van der Waals surface area contributed by atoms with Crippen LogP contribution in [0.3, 0.4) is 0 Å². The summed E-state index contributed by atoms with van der Waals surface area (Å²) in [6.07, 6.45) is 11.5. The van der Waals surface area contributed by atoms with E-state index in [0.29, 0.717) is 0 Å². The van der Waals surface area contributed by atoms with Crippen LogP contribution in [0.2, 0.25) is 0 Å². The van der Waals surface area contributed by atoms with E-state index in [1.54, 1.807) is 0 Å². The smallest absolute Gasteiger partial charge is 1.00 e. The Morgan fingerprint density at radius 3 is 1.13 bits per heavy atom. The van der Waals surface area contributed by atoms with Gasteiger partial charge in [0.25, 0.3) is 0 Å². The summed E-state index contributed by atoms with van der Waals surface area (Å²) in [6, 6.07) is 40.3. The van der Waals surface area contributed by atoms with Crippen LogP contribution in [0, 0.1) is 26.0 Å². The summed E-state index contributed by atoms with van der Waals surface area (Å²) in [5, 5.41) is 0. The van der Waals surface area contributed by atoms with Gasteiger partial charge in [-0.1, -0.05) is 149 Å². The number of aryl methyl sites for hydroxylation is 2. The predicted octanol–water partition coefficient (Wildman–Crippen LogP) is 7.97. The van der Waals surface area contributed by atoms with Crippen LogP contribution in [0.5, 0.6) is 0 Å². The molecular weight excluding hydrogens is 759 g/mol. The SMILES string of the molecule is Cc1ccc(C2[C-]=Cc3c(-c4ccc(C(C)(C)C)cc4)cccc32)s1.Cc1ccc(C2[C-]=Cc3c(-c4ccc(C(C)(C)C)cc4)cccc32)s1.[Cl-].[Cl-].[Ti+4]. The number of rotatable bonds is 4. The molecule has 53 heavy (non-hydrogen) atoms. The zero-order valence-corrected chi connectivity index (χ0v) is 36.5. The summed E-state index contributed by atoms with van der Waals surface area (Å²) in [7, 11) is 0. The third-order valence-corrected chi connectivity index (χ3v) is 12.0. The van der Waals surface area contributed by atoms with Crippen LogP contribution in [0.25, 0.3) is 34.4 Å². The average molecular weight is 806 g/mol. The minimum Gasteiger partial charge on any atom is -1.00 e. The van der Waals surface area contributed by atoms with Crippen molar-refractivity contribution in [2.24, 2.45) is 0 Å². The van der Waals surface area contributed by atoms with Crippen molar-refractivity contribution in [1.82, 2.24) is 0 Å². The number of benzene rings is 4. The van der Waals surface area contributed by atoms with Gasteiger partial charge in [-0.05, 0) is 81.0 Å². The van der Waals surface area contributed by atoms with Crippen LogP contribution in [-0.2, 0) is 32.5 Å². The maximum absolute atomic E-state index is 3.58. The third kappa shape index (κ3) is 9.13. The predicted molar refractivity (Wildman–Crippen MR) is 218 cm³/mol. The van der Waals surface area contributed by atoms with E-state index in [1.807, 2.05) is 22.7 Å². The van der Waals surface area contributed by atoms with Crippen molar-refractivity contribution in [3.63, 3.8) is 0 Å². The van der Waals surface area contributed by atoms with Crippen LogP contribution in [0.1, 0.15) is 106 Å². The van der Waals surface area contributed by atoms with Gasteiger partial charge in [0.2, 0.25) is 0 Å². The molecule has 0 N–H and O–H groups in total. The molecule has 2 heterocycles. The van der Waals surface area contributed by atoms with Crippen molar-refractivity contribution in [3.8, 4) is 22.3 Å². The van der Waals surface area contributed by atoms with Crippen LogP contribution in [0.15, 0.2) is 109 Å². The summed E-state index contributed by atoms with van der Waals surface area (Å²) >= 11 is 3.74. The molecule has 0 aliphatic heterocycles. The molecule has 0 nitrogen and oxygen atoms in total. The normalized spacial score (nSPS) is 15.3. The molecule has 8 rings (SSSR count). The molecular formula is C48H46Cl2S2Ti. The Morgan fingerprint density at radius 1 is 0.472 bits per heavy atom. The molecule has 2 aromatic heterocycles. The minimum atomic E-state index is 0. The molecule has 6 aromatic rings. The van der Waals surface area contributed by atoms with Gasteiger partial charge in [0, 0.05) is 9.75 Å². The van der Waals surface area contributed by atoms with Gasteiger partial charge in [0.1, 0.15) is 0 Å². The van der Waals surface area contributed by atoms with E-state index < -0.39 is 0 Å². The topological polar surface area (TPSA) is 0 Å². The molecule has 0 fully saturated rings. The quantitative estimate of drug-likeness (QED) is 0.125. The van der Waals surface area contributed by atoms with Gasteiger partial charge in [0.15, 0.2) is 0 Å². The molecule has 0 saturated carbocycles. The first-order chi connectivity index (χ1) is 23.9. The largest absolute Gasteiger partial charge is 4.00 e. The molecule has 2 unspecified atom stereocenters. The van der Waals surface area contributed by atoms with E-state index >= 15 is 0 Å². The zero-order chi connectivity index (χ0) is 35.2. The first-order valence-electron chi connectivity index (χ1n) is 17.7. The third-order valence-electron chi connectivity index (χ3n) is 9.91. The van der Waals surface area contributed by atoms with Crippen LogP contribution in [-0.4, -0.2) is 0 Å². The molecule has 0 spiro atoms. The first kappa shape index (κ1) is 42.8. The van der Waals surface area contributed by atoms with Crippen molar-refractivity contribution >= 4 is 34.8 Å². The van der Waals surface area contributed by atoms with Gasteiger partial charge in [-0.3, -0.25) is 12.2 Å². The maximum atomic E-state index is 3.58. The van der Waals surface area contributed by atoms with E-state index in [0.717, 1.165) is 0 Å². The van der Waals surface area contributed by atoms with Crippen LogP contribution >= 0.6 is 22.7 Å². The summed E-state index contributed by atoms with van der Waals surface area (Å²) in [6.45, 7) is 17.9. The van der Waals surface area contributed by atoms with E-state index in [4.69, 9.17) is 0 Å². The summed E-state index contributed by atoms with van der Waals surface area (Å²) in [4.78, 5) is 5.49. The van der Waals surface area contributed by atoms with Gasteiger partial charge < -0.3 is 24.8 Å². The fourth-order valence-electron chi connectivity index (χ4n) is 7.00. The number of halogens is 2. The Balaban J connectivity index is 0.000000224. The van der Waals surface area contributed by atoms with E-state index in [2.05, 4.69) is 189 Å². The van der Waals surface area contributed by atoms with Gasteiger partial charge in [0.05, 0.1) is 0 Å². The summed E-state index contributed by atoms with van der Waals surface area (Å²) in [5.74, 6) is 0.560. The Kier molecular flexibility index (Phi) is 13.9. The summed E-state index contributed by atoms with van der Waals surface area (Å²) in [5.41, 5.74) is 13.7. The second-order valence-electron chi connectivity index (χ2n) is 15.7. The van der Waals surface area contributed by atoms with E-state index in [-0.39, 0.29) is 69.2 Å². The molecule has 2 aliphatic rings. The van der Waals surface area contributed by atoms with Crippen LogP contribution in [0.4, 0.5) is 0 Å². The first-order valence-corrected chi connectivity index (χ1v) is 19.3. The van der Waals surface area contributed by atoms with E-state index in [1.165, 1.54) is 75.1 Å². The fourth-order valence-corrected chi connectivity index (χ4v) is 8.91. The molecule has 2 atom stereocenters. The zero-order valence-electron chi connectivity index (χ0n) is 31.8. The molecule has 5 heteroatoms. The number of allylic oxidation sites excluding steroid dienone is 2. The Labute approximate surface area is 353 Å². The van der Waals surface area contributed by atoms with Crippen molar-refractivity contribution in [2.45, 2.75) is 78.1 Å². The maximum Gasteiger partial charge on any atom is 4.00 e. The molecule has 4 aromatic carbocycles. The number of hydrogen-bond donors (Lipinski definition) is 0. The molecule has 2 aliphatic carbocycles. The Bertz CT molecular complexity index is 2040. The number of thiophene rings is 2. The van der Waals surface area contributed by atoms with Gasteiger partial charge in [-0.25, -0.2) is 12.2 Å². The molecule has 0 amide bonds. The fraction of sp³-hybridized carbons (Fsp3) is 0.250. The molecule has 0 radical (unpaired) electrons. The standard InChI is InChI=1S/2C24H23S.2ClH.Ti/c2*1-16-8-15-23(25-16)22-14-13-21-19(6-5-7-20(21)22)17-9-11-18(12-10-17)24(2,3)4;;;/h2*5-13,15,22H,1-4H3;2*1H;/q2*-1;;;+4/p-2. The average Bonchev–Trinajstić information content (AvgIpc) is 3.90. The molecule has 268 valence electrons. The van der Waals surface area contributed by atoms with Gasteiger partial charge in [-0.2, -0.15) is 11.1 Å². The van der Waals surface area contributed by atoms with E-state index in [9.17, 15) is 0 Å².